The minimum absolute atomic E-state index is 0.0716. The molecule has 1 aromatic heterocycles. The number of nitrogens with zero attached hydrogens (tertiary/aromatic N) is 4. The molecule has 136 valence electrons. The van der Waals surface area contributed by atoms with Crippen molar-refractivity contribution in [2.24, 2.45) is 0 Å². The zero-order chi connectivity index (χ0) is 18.8. The van der Waals surface area contributed by atoms with E-state index in [2.05, 4.69) is 9.80 Å². The average Bonchev–Trinajstić information content (AvgIpc) is 2.61. The standard InChI is InChI=1S/C20H23ClN4O/c1-14-22-19-17(6-5-7-18(19)24(4)13-12-23(2)3)20(26)25(14)16-10-8-15(21)9-11-16/h5-11H,12-13H2,1-4H3. The van der Waals surface area contributed by atoms with Gasteiger partial charge in [0.15, 0.2) is 0 Å². The van der Waals surface area contributed by atoms with Gasteiger partial charge < -0.3 is 9.80 Å². The molecule has 0 bridgehead atoms. The summed E-state index contributed by atoms with van der Waals surface area (Å²) in [5, 5.41) is 1.25. The lowest BCUT2D eigenvalue weighted by Crippen LogP contribution is -2.29. The summed E-state index contributed by atoms with van der Waals surface area (Å²) in [7, 11) is 6.12. The predicted molar refractivity (Wildman–Crippen MR) is 109 cm³/mol. The number of aromatic nitrogens is 2. The molecule has 0 aliphatic rings. The Kier molecular flexibility index (Phi) is 5.30. The molecule has 0 aliphatic carbocycles. The van der Waals surface area contributed by atoms with E-state index in [1.54, 1.807) is 16.7 Å². The average molecular weight is 371 g/mol. The van der Waals surface area contributed by atoms with E-state index in [4.69, 9.17) is 16.6 Å². The molecule has 0 aliphatic heterocycles. The van der Waals surface area contributed by atoms with Crippen molar-refractivity contribution in [3.8, 4) is 5.69 Å². The fourth-order valence-electron chi connectivity index (χ4n) is 2.97. The van der Waals surface area contributed by atoms with E-state index in [0.717, 1.165) is 30.0 Å². The number of fused-ring (bicyclic) bond motifs is 1. The highest BCUT2D eigenvalue weighted by Crippen LogP contribution is 2.23. The van der Waals surface area contributed by atoms with Gasteiger partial charge in [-0.1, -0.05) is 17.7 Å². The van der Waals surface area contributed by atoms with Gasteiger partial charge in [-0.3, -0.25) is 9.36 Å². The third-order valence-corrected chi connectivity index (χ3v) is 4.68. The lowest BCUT2D eigenvalue weighted by molar-refractivity contribution is 0.416. The molecule has 6 heteroatoms. The van der Waals surface area contributed by atoms with Gasteiger partial charge in [0.2, 0.25) is 0 Å². The number of anilines is 1. The Morgan fingerprint density at radius 2 is 1.73 bits per heavy atom. The summed E-state index contributed by atoms with van der Waals surface area (Å²) in [6.07, 6.45) is 0. The fraction of sp³-hybridized carbons (Fsp3) is 0.300. The van der Waals surface area contributed by atoms with E-state index in [9.17, 15) is 4.79 Å². The number of rotatable bonds is 5. The van der Waals surface area contributed by atoms with Crippen molar-refractivity contribution < 1.29 is 0 Å². The number of hydrogen-bond donors (Lipinski definition) is 0. The molecule has 0 amide bonds. The Morgan fingerprint density at radius 1 is 1.04 bits per heavy atom. The van der Waals surface area contributed by atoms with Crippen LogP contribution in [0.15, 0.2) is 47.3 Å². The normalized spacial score (nSPS) is 11.3. The van der Waals surface area contributed by atoms with Crippen molar-refractivity contribution in [3.63, 3.8) is 0 Å². The first-order valence-electron chi connectivity index (χ1n) is 8.52. The SMILES string of the molecule is Cc1nc2c(N(C)CCN(C)C)cccc2c(=O)n1-c1ccc(Cl)cc1. The first-order chi connectivity index (χ1) is 12.4. The van der Waals surface area contributed by atoms with Gasteiger partial charge in [0, 0.05) is 25.2 Å². The number of para-hydroxylation sites is 1. The van der Waals surface area contributed by atoms with E-state index < -0.39 is 0 Å². The second-order valence-electron chi connectivity index (χ2n) is 6.67. The van der Waals surface area contributed by atoms with Crippen LogP contribution in [0.3, 0.4) is 0 Å². The molecule has 5 nitrogen and oxygen atoms in total. The molecule has 0 fully saturated rings. The summed E-state index contributed by atoms with van der Waals surface area (Å²) in [6.45, 7) is 3.63. The predicted octanol–water partition coefficient (Wildman–Crippen LogP) is 3.35. The first-order valence-corrected chi connectivity index (χ1v) is 8.90. The molecule has 0 radical (unpaired) electrons. The van der Waals surface area contributed by atoms with Crippen molar-refractivity contribution >= 4 is 28.2 Å². The number of likely N-dealkylation sites (N-methyl/N-ethyl adjacent to an activating group) is 2. The molecule has 2 aromatic carbocycles. The third kappa shape index (κ3) is 3.59. The lowest BCUT2D eigenvalue weighted by atomic mass is 10.2. The Morgan fingerprint density at radius 3 is 2.38 bits per heavy atom. The molecule has 0 N–H and O–H groups in total. The molecule has 0 saturated carbocycles. The largest absolute Gasteiger partial charge is 0.372 e. The van der Waals surface area contributed by atoms with E-state index in [1.165, 1.54) is 0 Å². The fourth-order valence-corrected chi connectivity index (χ4v) is 3.10. The summed E-state index contributed by atoms with van der Waals surface area (Å²) < 4.78 is 1.63. The summed E-state index contributed by atoms with van der Waals surface area (Å²) in [5.74, 6) is 0.651. The monoisotopic (exact) mass is 370 g/mol. The van der Waals surface area contributed by atoms with Gasteiger partial charge in [-0.2, -0.15) is 0 Å². The van der Waals surface area contributed by atoms with Crippen molar-refractivity contribution in [2.45, 2.75) is 6.92 Å². The summed E-state index contributed by atoms with van der Waals surface area (Å²) in [5.41, 5.74) is 2.39. The van der Waals surface area contributed by atoms with Crippen molar-refractivity contribution in [1.82, 2.24) is 14.5 Å². The van der Waals surface area contributed by atoms with Crippen LogP contribution in [0.4, 0.5) is 5.69 Å². The van der Waals surface area contributed by atoms with Crippen LogP contribution < -0.4 is 10.5 Å². The maximum Gasteiger partial charge on any atom is 0.266 e. The van der Waals surface area contributed by atoms with Gasteiger partial charge in [0.05, 0.1) is 16.8 Å². The second-order valence-corrected chi connectivity index (χ2v) is 7.11. The molecular formula is C20H23ClN4O. The Hall–Kier alpha value is -2.37. The zero-order valence-electron chi connectivity index (χ0n) is 15.5. The number of halogens is 1. The minimum atomic E-state index is -0.0716. The van der Waals surface area contributed by atoms with Gasteiger partial charge >= 0.3 is 0 Å². The molecule has 0 unspecified atom stereocenters. The van der Waals surface area contributed by atoms with Gasteiger partial charge in [-0.15, -0.1) is 0 Å². The molecule has 0 atom stereocenters. The Balaban J connectivity index is 2.13. The second kappa shape index (κ2) is 7.48. The van der Waals surface area contributed by atoms with E-state index >= 15 is 0 Å². The van der Waals surface area contributed by atoms with Crippen molar-refractivity contribution in [2.75, 3.05) is 39.1 Å². The van der Waals surface area contributed by atoms with Crippen LogP contribution in [0.5, 0.6) is 0 Å². The first kappa shape index (κ1) is 18.4. The molecule has 26 heavy (non-hydrogen) atoms. The van der Waals surface area contributed by atoms with Gasteiger partial charge in [0.1, 0.15) is 11.3 Å². The summed E-state index contributed by atoms with van der Waals surface area (Å²) in [6, 6.07) is 13.0. The van der Waals surface area contributed by atoms with Crippen LogP contribution in [0.2, 0.25) is 5.02 Å². The minimum Gasteiger partial charge on any atom is -0.372 e. The van der Waals surface area contributed by atoms with Crippen molar-refractivity contribution in [3.05, 3.63) is 63.7 Å². The van der Waals surface area contributed by atoms with E-state index in [-0.39, 0.29) is 5.56 Å². The highest BCUT2D eigenvalue weighted by molar-refractivity contribution is 6.30. The quantitative estimate of drug-likeness (QED) is 0.690. The van der Waals surface area contributed by atoms with Crippen LogP contribution in [-0.4, -0.2) is 48.7 Å². The van der Waals surface area contributed by atoms with Gasteiger partial charge in [0.25, 0.3) is 5.56 Å². The molecule has 3 rings (SSSR count). The van der Waals surface area contributed by atoms with Crippen LogP contribution in [0.1, 0.15) is 5.82 Å². The van der Waals surface area contributed by atoms with E-state index in [0.29, 0.717) is 16.2 Å². The van der Waals surface area contributed by atoms with Crippen LogP contribution in [0, 0.1) is 6.92 Å². The highest BCUT2D eigenvalue weighted by Gasteiger charge is 2.14. The van der Waals surface area contributed by atoms with Crippen molar-refractivity contribution in [1.29, 1.82) is 0 Å². The number of benzene rings is 2. The third-order valence-electron chi connectivity index (χ3n) is 4.42. The van der Waals surface area contributed by atoms with Crippen LogP contribution in [0.25, 0.3) is 16.6 Å². The molecule has 3 aromatic rings. The Bertz CT molecular complexity index is 980. The zero-order valence-corrected chi connectivity index (χ0v) is 16.3. The molecule has 0 saturated heterocycles. The Labute approximate surface area is 158 Å². The maximum atomic E-state index is 13.1. The lowest BCUT2D eigenvalue weighted by Gasteiger charge is -2.23. The number of hydrogen-bond acceptors (Lipinski definition) is 4. The van der Waals surface area contributed by atoms with Gasteiger partial charge in [-0.25, -0.2) is 4.98 Å². The highest BCUT2D eigenvalue weighted by atomic mass is 35.5. The maximum absolute atomic E-state index is 13.1. The molecule has 0 spiro atoms. The van der Waals surface area contributed by atoms with Crippen LogP contribution in [-0.2, 0) is 0 Å². The van der Waals surface area contributed by atoms with E-state index in [1.807, 2.05) is 58.4 Å². The van der Waals surface area contributed by atoms with Crippen LogP contribution >= 0.6 is 11.6 Å². The molecular weight excluding hydrogens is 348 g/mol. The topological polar surface area (TPSA) is 41.4 Å². The smallest absolute Gasteiger partial charge is 0.266 e. The van der Waals surface area contributed by atoms with Gasteiger partial charge in [-0.05, 0) is 57.4 Å². The molecule has 1 heterocycles. The summed E-state index contributed by atoms with van der Waals surface area (Å²) in [4.78, 5) is 22.2. The summed E-state index contributed by atoms with van der Waals surface area (Å²) >= 11 is 5.97. The number of aryl methyl sites for hydroxylation is 1.